The Morgan fingerprint density at radius 2 is 1.94 bits per heavy atom. The number of alkyl halides is 1. The van der Waals surface area contributed by atoms with Crippen LogP contribution in [0, 0.1) is 0 Å². The van der Waals surface area contributed by atoms with Crippen LogP contribution in [0.25, 0.3) is 11.0 Å². The molecule has 0 fully saturated rings. The predicted octanol–water partition coefficient (Wildman–Crippen LogP) is 4.74. The Bertz CT molecular complexity index is 550. The van der Waals surface area contributed by atoms with Crippen LogP contribution in [0.15, 0.2) is 18.2 Å². The highest BCUT2D eigenvalue weighted by Gasteiger charge is 2.24. The molecule has 2 rings (SSSR count). The minimum Gasteiger partial charge on any atom is -0.320 e. The lowest BCUT2D eigenvalue weighted by Crippen LogP contribution is -2.24. The van der Waals surface area contributed by atoms with Crippen LogP contribution in [0.3, 0.4) is 0 Å². The second kappa shape index (κ2) is 4.18. The van der Waals surface area contributed by atoms with E-state index in [4.69, 9.17) is 23.2 Å². The summed E-state index contributed by atoms with van der Waals surface area (Å²) in [4.78, 5) is 4.59. The normalized spacial score (nSPS) is 14.2. The molecular formula is C13H16Cl2N2. The molecule has 4 heteroatoms. The van der Waals surface area contributed by atoms with Gasteiger partial charge in [0.2, 0.25) is 0 Å². The fourth-order valence-corrected chi connectivity index (χ4v) is 2.45. The van der Waals surface area contributed by atoms with Crippen molar-refractivity contribution in [3.63, 3.8) is 0 Å². The van der Waals surface area contributed by atoms with Gasteiger partial charge in [-0.1, -0.05) is 17.7 Å². The molecule has 0 aliphatic rings. The SMILES string of the molecule is CC(Cl)c1nc2cccc(Cl)c2n1C(C)(C)C. The molecule has 0 radical (unpaired) electrons. The molecule has 17 heavy (non-hydrogen) atoms. The van der Waals surface area contributed by atoms with E-state index in [-0.39, 0.29) is 10.9 Å². The molecule has 1 aromatic carbocycles. The van der Waals surface area contributed by atoms with Gasteiger partial charge in [-0.3, -0.25) is 0 Å². The van der Waals surface area contributed by atoms with Gasteiger partial charge in [0, 0.05) is 5.54 Å². The Morgan fingerprint density at radius 1 is 1.29 bits per heavy atom. The zero-order chi connectivity index (χ0) is 12.8. The highest BCUT2D eigenvalue weighted by molar-refractivity contribution is 6.35. The van der Waals surface area contributed by atoms with E-state index >= 15 is 0 Å². The van der Waals surface area contributed by atoms with Gasteiger partial charge in [0.15, 0.2) is 0 Å². The minimum absolute atomic E-state index is 0.0990. The van der Waals surface area contributed by atoms with Crippen LogP contribution >= 0.6 is 23.2 Å². The molecule has 0 aliphatic carbocycles. The van der Waals surface area contributed by atoms with Crippen molar-refractivity contribution in [2.45, 2.75) is 38.6 Å². The lowest BCUT2D eigenvalue weighted by Gasteiger charge is -2.25. The minimum atomic E-state index is -0.141. The third kappa shape index (κ3) is 2.16. The van der Waals surface area contributed by atoms with Crippen LogP contribution in [-0.2, 0) is 5.54 Å². The van der Waals surface area contributed by atoms with E-state index in [1.54, 1.807) is 0 Å². The summed E-state index contributed by atoms with van der Waals surface area (Å²) >= 11 is 12.5. The number of imidazole rings is 1. The smallest absolute Gasteiger partial charge is 0.128 e. The lowest BCUT2D eigenvalue weighted by atomic mass is 10.1. The van der Waals surface area contributed by atoms with E-state index in [9.17, 15) is 0 Å². The molecule has 1 heterocycles. The maximum atomic E-state index is 6.28. The Kier molecular flexibility index (Phi) is 3.13. The van der Waals surface area contributed by atoms with Gasteiger partial charge in [-0.05, 0) is 39.8 Å². The zero-order valence-corrected chi connectivity index (χ0v) is 12.0. The van der Waals surface area contributed by atoms with Gasteiger partial charge in [0.05, 0.1) is 21.4 Å². The van der Waals surface area contributed by atoms with Crippen molar-refractivity contribution < 1.29 is 0 Å². The van der Waals surface area contributed by atoms with Gasteiger partial charge >= 0.3 is 0 Å². The van der Waals surface area contributed by atoms with Crippen molar-refractivity contribution in [3.8, 4) is 0 Å². The third-order valence-electron chi connectivity index (χ3n) is 2.68. The first-order valence-corrected chi connectivity index (χ1v) is 6.45. The molecule has 2 aromatic rings. The maximum Gasteiger partial charge on any atom is 0.128 e. The molecule has 92 valence electrons. The van der Waals surface area contributed by atoms with Crippen molar-refractivity contribution in [1.82, 2.24) is 9.55 Å². The van der Waals surface area contributed by atoms with Gasteiger partial charge in [-0.15, -0.1) is 11.6 Å². The average Bonchev–Trinajstić information content (AvgIpc) is 2.57. The summed E-state index contributed by atoms with van der Waals surface area (Å²) in [5.41, 5.74) is 1.76. The molecule has 0 saturated carbocycles. The molecular weight excluding hydrogens is 255 g/mol. The average molecular weight is 271 g/mol. The summed E-state index contributed by atoms with van der Waals surface area (Å²) in [6.07, 6.45) is 0. The molecule has 0 bridgehead atoms. The van der Waals surface area contributed by atoms with E-state index in [2.05, 4.69) is 30.3 Å². The first kappa shape index (κ1) is 12.7. The summed E-state index contributed by atoms with van der Waals surface area (Å²) < 4.78 is 2.13. The summed E-state index contributed by atoms with van der Waals surface area (Å²) in [5.74, 6) is 0.863. The van der Waals surface area contributed by atoms with Crippen molar-refractivity contribution in [2.75, 3.05) is 0 Å². The van der Waals surface area contributed by atoms with Gasteiger partial charge < -0.3 is 4.57 Å². The van der Waals surface area contributed by atoms with Crippen molar-refractivity contribution in [2.24, 2.45) is 0 Å². The van der Waals surface area contributed by atoms with Crippen LogP contribution in [0.1, 0.15) is 38.9 Å². The maximum absolute atomic E-state index is 6.28. The number of benzene rings is 1. The number of aromatic nitrogens is 2. The van der Waals surface area contributed by atoms with Crippen LogP contribution in [0.2, 0.25) is 5.02 Å². The van der Waals surface area contributed by atoms with E-state index < -0.39 is 0 Å². The Labute approximate surface area is 112 Å². The first-order valence-electron chi connectivity index (χ1n) is 5.64. The van der Waals surface area contributed by atoms with Gasteiger partial charge in [-0.25, -0.2) is 4.98 Å². The molecule has 1 atom stereocenters. The second-order valence-electron chi connectivity index (χ2n) is 5.20. The number of hydrogen-bond acceptors (Lipinski definition) is 1. The Balaban J connectivity index is 2.88. The fourth-order valence-electron chi connectivity index (χ4n) is 2.05. The largest absolute Gasteiger partial charge is 0.320 e. The topological polar surface area (TPSA) is 17.8 Å². The third-order valence-corrected chi connectivity index (χ3v) is 3.18. The van der Waals surface area contributed by atoms with Gasteiger partial charge in [0.1, 0.15) is 5.82 Å². The van der Waals surface area contributed by atoms with Gasteiger partial charge in [-0.2, -0.15) is 0 Å². The molecule has 2 nitrogen and oxygen atoms in total. The fraction of sp³-hybridized carbons (Fsp3) is 0.462. The van der Waals surface area contributed by atoms with Gasteiger partial charge in [0.25, 0.3) is 0 Å². The van der Waals surface area contributed by atoms with Crippen molar-refractivity contribution in [3.05, 3.63) is 29.0 Å². The van der Waals surface area contributed by atoms with E-state index in [1.807, 2.05) is 25.1 Å². The standard InChI is InChI=1S/C13H16Cl2N2/c1-8(14)12-16-10-7-5-6-9(15)11(10)17(12)13(2,3)4/h5-8H,1-4H3. The molecule has 0 aliphatic heterocycles. The molecule has 0 spiro atoms. The van der Waals surface area contributed by atoms with Crippen molar-refractivity contribution >= 4 is 34.2 Å². The van der Waals surface area contributed by atoms with E-state index in [0.29, 0.717) is 5.02 Å². The number of nitrogens with zero attached hydrogens (tertiary/aromatic N) is 2. The summed E-state index contributed by atoms with van der Waals surface area (Å²) in [7, 11) is 0. The summed E-state index contributed by atoms with van der Waals surface area (Å²) in [6.45, 7) is 8.31. The van der Waals surface area contributed by atoms with Crippen LogP contribution in [-0.4, -0.2) is 9.55 Å². The molecule has 0 saturated heterocycles. The first-order chi connectivity index (χ1) is 7.82. The summed E-state index contributed by atoms with van der Waals surface area (Å²) in [5, 5.41) is 0.575. The number of fused-ring (bicyclic) bond motifs is 1. The lowest BCUT2D eigenvalue weighted by molar-refractivity contribution is 0.394. The number of rotatable bonds is 1. The molecule has 0 N–H and O–H groups in total. The molecule has 0 amide bonds. The number of para-hydroxylation sites is 1. The zero-order valence-electron chi connectivity index (χ0n) is 10.5. The Morgan fingerprint density at radius 3 is 2.47 bits per heavy atom. The highest BCUT2D eigenvalue weighted by Crippen LogP contribution is 2.33. The van der Waals surface area contributed by atoms with Crippen LogP contribution in [0.5, 0.6) is 0 Å². The predicted molar refractivity (Wildman–Crippen MR) is 74.0 cm³/mol. The monoisotopic (exact) mass is 270 g/mol. The Hall–Kier alpha value is -0.730. The van der Waals surface area contributed by atoms with Crippen molar-refractivity contribution in [1.29, 1.82) is 0 Å². The van der Waals surface area contributed by atoms with Crippen LogP contribution in [0.4, 0.5) is 0 Å². The second-order valence-corrected chi connectivity index (χ2v) is 6.26. The molecule has 1 aromatic heterocycles. The number of hydrogen-bond donors (Lipinski definition) is 0. The van der Waals surface area contributed by atoms with Crippen LogP contribution < -0.4 is 0 Å². The highest BCUT2D eigenvalue weighted by atomic mass is 35.5. The number of halogens is 2. The van der Waals surface area contributed by atoms with E-state index in [1.165, 1.54) is 0 Å². The quantitative estimate of drug-likeness (QED) is 0.685. The summed E-state index contributed by atoms with van der Waals surface area (Å²) in [6, 6.07) is 5.76. The van der Waals surface area contributed by atoms with E-state index in [0.717, 1.165) is 16.9 Å². The molecule has 1 unspecified atom stereocenters.